The maximum Gasteiger partial charge on any atom is 0.318 e. The summed E-state index contributed by atoms with van der Waals surface area (Å²) in [5, 5.41) is 9.93. The van der Waals surface area contributed by atoms with E-state index >= 15 is 0 Å². The summed E-state index contributed by atoms with van der Waals surface area (Å²) in [6.45, 7) is 3.86. The third-order valence-corrected chi connectivity index (χ3v) is 4.41. The number of hydrogen-bond acceptors (Lipinski definition) is 5. The Kier molecular flexibility index (Phi) is 3.55. The van der Waals surface area contributed by atoms with Crippen LogP contribution < -0.4 is 0 Å². The number of para-hydroxylation sites is 1. The average Bonchev–Trinajstić information content (AvgIpc) is 2.89. The third kappa shape index (κ3) is 2.35. The van der Waals surface area contributed by atoms with Gasteiger partial charge in [-0.1, -0.05) is 30.0 Å². The van der Waals surface area contributed by atoms with E-state index in [1.807, 2.05) is 28.7 Å². The van der Waals surface area contributed by atoms with E-state index in [1.54, 1.807) is 6.92 Å². The van der Waals surface area contributed by atoms with Crippen molar-refractivity contribution in [1.29, 1.82) is 0 Å². The Bertz CT molecular complexity index is 828. The molecule has 0 aliphatic heterocycles. The van der Waals surface area contributed by atoms with Crippen molar-refractivity contribution in [3.8, 4) is 0 Å². The molecule has 0 bridgehead atoms. The molecule has 0 aliphatic rings. The summed E-state index contributed by atoms with van der Waals surface area (Å²) in [6.07, 6.45) is 0. The minimum atomic E-state index is -0.331. The predicted molar refractivity (Wildman–Crippen MR) is 82.6 cm³/mol. The quantitative estimate of drug-likeness (QED) is 0.550. The number of methoxy groups -OCH3 is 1. The summed E-state index contributed by atoms with van der Waals surface area (Å²) in [6, 6.07) is 10.1. The predicted octanol–water partition coefficient (Wildman–Crippen LogP) is 2.84. The van der Waals surface area contributed by atoms with Gasteiger partial charge in [0.25, 0.3) is 0 Å². The number of benzene rings is 1. The van der Waals surface area contributed by atoms with Crippen molar-refractivity contribution < 1.29 is 9.53 Å². The molecule has 108 valence electrons. The van der Waals surface area contributed by atoms with E-state index in [-0.39, 0.29) is 11.2 Å². The number of thioether (sulfide) groups is 1. The number of aryl methyl sites for hydroxylation is 1. The Balaban J connectivity index is 2.17. The van der Waals surface area contributed by atoms with Gasteiger partial charge in [-0.2, -0.15) is 0 Å². The molecule has 0 aliphatic carbocycles. The average molecular weight is 301 g/mol. The summed E-state index contributed by atoms with van der Waals surface area (Å²) in [5.74, 6) is -0.270. The molecule has 0 N–H and O–H groups in total. The standard InChI is InChI=1S/C15H15N3O2S/c1-9-8-13-16-17-15(21-10(2)14(19)20-3)18(13)12-7-5-4-6-11(9)12/h4-8,10H,1-3H3/t10-/m0/s1. The summed E-state index contributed by atoms with van der Waals surface area (Å²) in [5.41, 5.74) is 2.98. The number of esters is 1. The molecule has 0 fully saturated rings. The van der Waals surface area contributed by atoms with E-state index in [1.165, 1.54) is 18.9 Å². The molecule has 0 saturated heterocycles. The van der Waals surface area contributed by atoms with Crippen molar-refractivity contribution >= 4 is 34.3 Å². The lowest BCUT2D eigenvalue weighted by Crippen LogP contribution is -2.15. The number of carbonyl (C=O) groups is 1. The fourth-order valence-corrected chi connectivity index (χ4v) is 3.22. The molecule has 0 amide bonds. The first-order valence-corrected chi connectivity index (χ1v) is 7.47. The lowest BCUT2D eigenvalue weighted by atomic mass is 10.1. The zero-order chi connectivity index (χ0) is 15.0. The van der Waals surface area contributed by atoms with Gasteiger partial charge in [-0.25, -0.2) is 0 Å². The molecular weight excluding hydrogens is 286 g/mol. The first-order valence-electron chi connectivity index (χ1n) is 6.60. The van der Waals surface area contributed by atoms with Crippen molar-refractivity contribution in [2.75, 3.05) is 7.11 Å². The number of rotatable bonds is 3. The van der Waals surface area contributed by atoms with E-state index < -0.39 is 0 Å². The van der Waals surface area contributed by atoms with Crippen LogP contribution >= 0.6 is 11.8 Å². The molecule has 1 atom stereocenters. The van der Waals surface area contributed by atoms with Gasteiger partial charge in [0.2, 0.25) is 0 Å². The Morgan fingerprint density at radius 2 is 2.10 bits per heavy atom. The second-order valence-corrected chi connectivity index (χ2v) is 6.11. The number of pyridine rings is 1. The zero-order valence-electron chi connectivity index (χ0n) is 12.0. The van der Waals surface area contributed by atoms with Gasteiger partial charge in [0.15, 0.2) is 10.8 Å². The van der Waals surface area contributed by atoms with Crippen molar-refractivity contribution in [3.63, 3.8) is 0 Å². The molecular formula is C15H15N3O2S. The highest BCUT2D eigenvalue weighted by Crippen LogP contribution is 2.28. The lowest BCUT2D eigenvalue weighted by molar-refractivity contribution is -0.139. The number of hydrogen-bond donors (Lipinski definition) is 0. The number of carbonyl (C=O) groups excluding carboxylic acids is 1. The monoisotopic (exact) mass is 301 g/mol. The summed E-state index contributed by atoms with van der Waals surface area (Å²) in [7, 11) is 1.39. The number of aromatic nitrogens is 3. The third-order valence-electron chi connectivity index (χ3n) is 3.39. The maximum atomic E-state index is 11.6. The Labute approximate surface area is 126 Å². The molecule has 2 aromatic heterocycles. The largest absolute Gasteiger partial charge is 0.468 e. The minimum absolute atomic E-state index is 0.270. The Morgan fingerprint density at radius 1 is 1.33 bits per heavy atom. The van der Waals surface area contributed by atoms with Crippen LogP contribution in [0.25, 0.3) is 16.6 Å². The molecule has 0 saturated carbocycles. The van der Waals surface area contributed by atoms with Crippen LogP contribution in [0.3, 0.4) is 0 Å². The molecule has 21 heavy (non-hydrogen) atoms. The van der Waals surface area contributed by atoms with Crippen LogP contribution in [0.4, 0.5) is 0 Å². The van der Waals surface area contributed by atoms with Gasteiger partial charge in [-0.05, 0) is 31.5 Å². The first kappa shape index (κ1) is 13.9. The zero-order valence-corrected chi connectivity index (χ0v) is 12.8. The van der Waals surface area contributed by atoms with Gasteiger partial charge in [0.1, 0.15) is 5.25 Å². The molecule has 3 aromatic rings. The van der Waals surface area contributed by atoms with Crippen LogP contribution in [-0.2, 0) is 9.53 Å². The van der Waals surface area contributed by atoms with Crippen LogP contribution in [0.1, 0.15) is 12.5 Å². The Hall–Kier alpha value is -2.08. The van der Waals surface area contributed by atoms with Crippen molar-refractivity contribution in [2.45, 2.75) is 24.3 Å². The van der Waals surface area contributed by atoms with Gasteiger partial charge in [-0.15, -0.1) is 10.2 Å². The van der Waals surface area contributed by atoms with Crippen LogP contribution in [0.5, 0.6) is 0 Å². The molecule has 2 heterocycles. The van der Waals surface area contributed by atoms with Crippen LogP contribution in [0.2, 0.25) is 0 Å². The molecule has 6 heteroatoms. The van der Waals surface area contributed by atoms with Crippen molar-refractivity contribution in [3.05, 3.63) is 35.9 Å². The topological polar surface area (TPSA) is 56.5 Å². The van der Waals surface area contributed by atoms with E-state index in [9.17, 15) is 4.79 Å². The molecule has 0 unspecified atom stereocenters. The number of ether oxygens (including phenoxy) is 1. The fraction of sp³-hybridized carbons (Fsp3) is 0.267. The first-order chi connectivity index (χ1) is 10.1. The van der Waals surface area contributed by atoms with E-state index in [4.69, 9.17) is 4.74 Å². The second-order valence-electron chi connectivity index (χ2n) is 4.80. The van der Waals surface area contributed by atoms with E-state index in [2.05, 4.69) is 23.2 Å². The fourth-order valence-electron chi connectivity index (χ4n) is 2.32. The summed E-state index contributed by atoms with van der Waals surface area (Å²) in [4.78, 5) is 11.6. The van der Waals surface area contributed by atoms with Gasteiger partial charge in [0, 0.05) is 5.39 Å². The molecule has 0 spiro atoms. The van der Waals surface area contributed by atoms with Gasteiger partial charge in [0.05, 0.1) is 12.6 Å². The van der Waals surface area contributed by atoms with Crippen molar-refractivity contribution in [1.82, 2.24) is 14.6 Å². The second kappa shape index (κ2) is 5.37. The summed E-state index contributed by atoms with van der Waals surface area (Å²) < 4.78 is 6.74. The molecule has 3 rings (SSSR count). The van der Waals surface area contributed by atoms with E-state index in [0.29, 0.717) is 5.16 Å². The highest BCUT2D eigenvalue weighted by Gasteiger charge is 2.19. The van der Waals surface area contributed by atoms with Crippen molar-refractivity contribution in [2.24, 2.45) is 0 Å². The maximum absolute atomic E-state index is 11.6. The smallest absolute Gasteiger partial charge is 0.318 e. The lowest BCUT2D eigenvalue weighted by Gasteiger charge is -2.09. The van der Waals surface area contributed by atoms with E-state index in [0.717, 1.165) is 22.1 Å². The SMILES string of the molecule is COC(=O)[C@H](C)Sc1nnc2cc(C)c3ccccc3n12. The van der Waals surface area contributed by atoms with Gasteiger partial charge >= 0.3 is 5.97 Å². The van der Waals surface area contributed by atoms with Gasteiger partial charge in [-0.3, -0.25) is 9.20 Å². The summed E-state index contributed by atoms with van der Waals surface area (Å²) >= 11 is 1.35. The molecule has 1 aromatic carbocycles. The van der Waals surface area contributed by atoms with Crippen LogP contribution in [0.15, 0.2) is 35.5 Å². The van der Waals surface area contributed by atoms with Gasteiger partial charge < -0.3 is 4.74 Å². The van der Waals surface area contributed by atoms with Crippen LogP contribution in [-0.4, -0.2) is 32.9 Å². The Morgan fingerprint density at radius 3 is 2.86 bits per heavy atom. The number of fused-ring (bicyclic) bond motifs is 3. The molecule has 5 nitrogen and oxygen atoms in total. The minimum Gasteiger partial charge on any atom is -0.468 e. The highest BCUT2D eigenvalue weighted by atomic mass is 32.2. The molecule has 0 radical (unpaired) electrons. The normalized spacial score (nSPS) is 12.7. The van der Waals surface area contributed by atoms with Crippen LogP contribution in [0, 0.1) is 6.92 Å². The highest BCUT2D eigenvalue weighted by molar-refractivity contribution is 8.00. The number of nitrogens with zero attached hydrogens (tertiary/aromatic N) is 3.